The Morgan fingerprint density at radius 3 is 2.29 bits per heavy atom. The van der Waals surface area contributed by atoms with Gasteiger partial charge in [-0.1, -0.05) is 27.2 Å². The second-order valence-electron chi connectivity index (χ2n) is 4.93. The van der Waals surface area contributed by atoms with Crippen molar-refractivity contribution in [2.24, 2.45) is 5.92 Å². The second-order valence-corrected chi connectivity index (χ2v) is 4.93. The fourth-order valence-corrected chi connectivity index (χ4v) is 1.65. The standard InChI is InChI=1S/C13H29N3O/c1-6-11(3)10-12(7-2)14-8-9-15-13(17)16(4)5/h11-12,14H,6-10H2,1-5H3,(H,15,17). The van der Waals surface area contributed by atoms with E-state index in [1.165, 1.54) is 12.8 Å². The van der Waals surface area contributed by atoms with Crippen LogP contribution in [-0.2, 0) is 0 Å². The third-order valence-electron chi connectivity index (χ3n) is 3.12. The summed E-state index contributed by atoms with van der Waals surface area (Å²) >= 11 is 0. The molecule has 2 unspecified atom stereocenters. The smallest absolute Gasteiger partial charge is 0.316 e. The molecule has 0 aliphatic rings. The fourth-order valence-electron chi connectivity index (χ4n) is 1.65. The molecule has 2 amide bonds. The molecule has 0 aromatic carbocycles. The van der Waals surface area contributed by atoms with Crippen molar-refractivity contribution in [1.82, 2.24) is 15.5 Å². The lowest BCUT2D eigenvalue weighted by atomic mass is 9.98. The van der Waals surface area contributed by atoms with Crippen molar-refractivity contribution in [2.45, 2.75) is 46.1 Å². The van der Waals surface area contributed by atoms with Crippen LogP contribution >= 0.6 is 0 Å². The van der Waals surface area contributed by atoms with Crippen LogP contribution in [-0.4, -0.2) is 44.2 Å². The maximum atomic E-state index is 11.3. The van der Waals surface area contributed by atoms with Gasteiger partial charge in [0.25, 0.3) is 0 Å². The predicted molar refractivity (Wildman–Crippen MR) is 73.2 cm³/mol. The number of urea groups is 1. The molecule has 0 fully saturated rings. The summed E-state index contributed by atoms with van der Waals surface area (Å²) in [6.45, 7) is 8.26. The van der Waals surface area contributed by atoms with E-state index in [0.29, 0.717) is 12.6 Å². The van der Waals surface area contributed by atoms with Gasteiger partial charge in [-0.3, -0.25) is 0 Å². The van der Waals surface area contributed by atoms with Gasteiger partial charge < -0.3 is 15.5 Å². The molecule has 0 rings (SSSR count). The van der Waals surface area contributed by atoms with Gasteiger partial charge >= 0.3 is 6.03 Å². The molecule has 17 heavy (non-hydrogen) atoms. The van der Waals surface area contributed by atoms with Gasteiger partial charge in [0.2, 0.25) is 0 Å². The van der Waals surface area contributed by atoms with E-state index >= 15 is 0 Å². The predicted octanol–water partition coefficient (Wildman–Crippen LogP) is 2.06. The van der Waals surface area contributed by atoms with E-state index in [1.807, 2.05) is 0 Å². The average Bonchev–Trinajstić information content (AvgIpc) is 2.31. The topological polar surface area (TPSA) is 44.4 Å². The number of rotatable bonds is 8. The third-order valence-corrected chi connectivity index (χ3v) is 3.12. The summed E-state index contributed by atoms with van der Waals surface area (Å²) in [4.78, 5) is 12.8. The minimum atomic E-state index is -0.0261. The molecule has 4 nitrogen and oxygen atoms in total. The lowest BCUT2D eigenvalue weighted by Gasteiger charge is -2.20. The monoisotopic (exact) mass is 243 g/mol. The molecule has 0 spiro atoms. The van der Waals surface area contributed by atoms with Crippen LogP contribution in [0.1, 0.15) is 40.0 Å². The molecule has 0 heterocycles. The van der Waals surface area contributed by atoms with Gasteiger partial charge in [-0.15, -0.1) is 0 Å². The first-order valence-electron chi connectivity index (χ1n) is 6.69. The van der Waals surface area contributed by atoms with Crippen molar-refractivity contribution in [3.63, 3.8) is 0 Å². The van der Waals surface area contributed by atoms with E-state index in [2.05, 4.69) is 31.4 Å². The van der Waals surface area contributed by atoms with Crippen LogP contribution < -0.4 is 10.6 Å². The Kier molecular flexibility index (Phi) is 8.86. The Bertz CT molecular complexity index is 207. The highest BCUT2D eigenvalue weighted by Gasteiger charge is 2.09. The van der Waals surface area contributed by atoms with E-state index < -0.39 is 0 Å². The Balaban J connectivity index is 3.66. The number of hydrogen-bond acceptors (Lipinski definition) is 2. The van der Waals surface area contributed by atoms with Gasteiger partial charge in [-0.05, 0) is 18.8 Å². The van der Waals surface area contributed by atoms with Crippen molar-refractivity contribution in [3.8, 4) is 0 Å². The number of amides is 2. The van der Waals surface area contributed by atoms with Crippen molar-refractivity contribution in [2.75, 3.05) is 27.2 Å². The average molecular weight is 243 g/mol. The summed E-state index contributed by atoms with van der Waals surface area (Å²) in [5, 5.41) is 6.35. The van der Waals surface area contributed by atoms with Gasteiger partial charge in [-0.2, -0.15) is 0 Å². The van der Waals surface area contributed by atoms with Gasteiger partial charge in [0.05, 0.1) is 0 Å². The largest absolute Gasteiger partial charge is 0.337 e. The first kappa shape index (κ1) is 16.2. The molecule has 4 heteroatoms. The highest BCUT2D eigenvalue weighted by atomic mass is 16.2. The number of nitrogens with one attached hydrogen (secondary N) is 2. The molecule has 0 aliphatic heterocycles. The number of nitrogens with zero attached hydrogens (tertiary/aromatic N) is 1. The minimum Gasteiger partial charge on any atom is -0.337 e. The van der Waals surface area contributed by atoms with Crippen molar-refractivity contribution < 1.29 is 4.79 Å². The van der Waals surface area contributed by atoms with Crippen LogP contribution in [0.4, 0.5) is 4.79 Å². The summed E-state index contributed by atoms with van der Waals surface area (Å²) in [5.41, 5.74) is 0. The zero-order chi connectivity index (χ0) is 13.3. The van der Waals surface area contributed by atoms with E-state index in [1.54, 1.807) is 19.0 Å². The lowest BCUT2D eigenvalue weighted by molar-refractivity contribution is 0.217. The fraction of sp³-hybridized carbons (Fsp3) is 0.923. The summed E-state index contributed by atoms with van der Waals surface area (Å²) < 4.78 is 0. The molecule has 2 N–H and O–H groups in total. The molecule has 0 aromatic rings. The Morgan fingerprint density at radius 2 is 1.82 bits per heavy atom. The second kappa shape index (κ2) is 9.28. The van der Waals surface area contributed by atoms with E-state index in [4.69, 9.17) is 0 Å². The maximum absolute atomic E-state index is 11.3. The SMILES string of the molecule is CCC(C)CC(CC)NCCNC(=O)N(C)C. The quantitative estimate of drug-likeness (QED) is 0.641. The molecule has 0 aromatic heterocycles. The van der Waals surface area contributed by atoms with Crippen LogP contribution in [0.3, 0.4) is 0 Å². The minimum absolute atomic E-state index is 0.0261. The molecule has 0 bridgehead atoms. The Labute approximate surface area is 106 Å². The van der Waals surface area contributed by atoms with Gasteiger partial charge in [0, 0.05) is 33.2 Å². The Morgan fingerprint density at radius 1 is 1.18 bits per heavy atom. The number of hydrogen-bond donors (Lipinski definition) is 2. The van der Waals surface area contributed by atoms with Crippen molar-refractivity contribution in [3.05, 3.63) is 0 Å². The maximum Gasteiger partial charge on any atom is 0.316 e. The number of carbonyl (C=O) groups is 1. The normalized spacial score (nSPS) is 14.2. The molecule has 0 saturated carbocycles. The van der Waals surface area contributed by atoms with E-state index in [0.717, 1.165) is 18.9 Å². The van der Waals surface area contributed by atoms with Crippen LogP contribution in [0.2, 0.25) is 0 Å². The molecule has 102 valence electrons. The van der Waals surface area contributed by atoms with Gasteiger partial charge in [-0.25, -0.2) is 4.79 Å². The summed E-state index contributed by atoms with van der Waals surface area (Å²) in [6, 6.07) is 0.544. The van der Waals surface area contributed by atoms with Crippen LogP contribution in [0.5, 0.6) is 0 Å². The van der Waals surface area contributed by atoms with Gasteiger partial charge in [0.1, 0.15) is 0 Å². The van der Waals surface area contributed by atoms with Crippen LogP contribution in [0.15, 0.2) is 0 Å². The van der Waals surface area contributed by atoms with Crippen LogP contribution in [0.25, 0.3) is 0 Å². The first-order chi connectivity index (χ1) is 8.01. The zero-order valence-corrected chi connectivity index (χ0v) is 12.0. The van der Waals surface area contributed by atoms with Crippen molar-refractivity contribution >= 4 is 6.03 Å². The van der Waals surface area contributed by atoms with Crippen LogP contribution in [0, 0.1) is 5.92 Å². The summed E-state index contributed by atoms with van der Waals surface area (Å²) in [7, 11) is 3.50. The highest BCUT2D eigenvalue weighted by Crippen LogP contribution is 2.11. The molecular formula is C13H29N3O. The molecule has 2 atom stereocenters. The van der Waals surface area contributed by atoms with Gasteiger partial charge in [0.15, 0.2) is 0 Å². The first-order valence-corrected chi connectivity index (χ1v) is 6.69. The molecule has 0 saturated heterocycles. The Hall–Kier alpha value is -0.770. The summed E-state index contributed by atoms with van der Waals surface area (Å²) in [5.74, 6) is 0.767. The lowest BCUT2D eigenvalue weighted by Crippen LogP contribution is -2.41. The third kappa shape index (κ3) is 8.02. The molecule has 0 radical (unpaired) electrons. The summed E-state index contributed by atoms with van der Waals surface area (Å²) in [6.07, 6.45) is 3.59. The highest BCUT2D eigenvalue weighted by molar-refractivity contribution is 5.73. The van der Waals surface area contributed by atoms with Crippen molar-refractivity contribution in [1.29, 1.82) is 0 Å². The zero-order valence-electron chi connectivity index (χ0n) is 12.0. The molecule has 0 aliphatic carbocycles. The van der Waals surface area contributed by atoms with E-state index in [-0.39, 0.29) is 6.03 Å². The number of carbonyl (C=O) groups excluding carboxylic acids is 1. The molecular weight excluding hydrogens is 214 g/mol. The van der Waals surface area contributed by atoms with E-state index in [9.17, 15) is 4.79 Å².